The van der Waals surface area contributed by atoms with E-state index < -0.39 is 0 Å². The third-order valence-electron chi connectivity index (χ3n) is 5.44. The Labute approximate surface area is 131 Å². The molecule has 3 fully saturated rings. The van der Waals surface area contributed by atoms with Gasteiger partial charge in [0.1, 0.15) is 5.82 Å². The van der Waals surface area contributed by atoms with Gasteiger partial charge < -0.3 is 14.4 Å². The van der Waals surface area contributed by atoms with E-state index in [-0.39, 0.29) is 0 Å². The monoisotopic (exact) mass is 306 g/mol. The predicted molar refractivity (Wildman–Crippen MR) is 81.9 cm³/mol. The number of aromatic nitrogens is 3. The lowest BCUT2D eigenvalue weighted by Gasteiger charge is -2.38. The molecule has 3 saturated heterocycles. The Balaban J connectivity index is 1.33. The molecule has 1 atom stereocenters. The zero-order valence-electron chi connectivity index (χ0n) is 13.2. The number of rotatable bonds is 3. The smallest absolute Gasteiger partial charge is 0.156 e. The minimum absolute atomic E-state index is 0.396. The molecule has 0 bridgehead atoms. The fourth-order valence-corrected chi connectivity index (χ4v) is 3.98. The highest BCUT2D eigenvalue weighted by Crippen LogP contribution is 2.30. The van der Waals surface area contributed by atoms with Crippen molar-refractivity contribution >= 4 is 0 Å². The lowest BCUT2D eigenvalue weighted by molar-refractivity contribution is 0.0248. The average molecular weight is 306 g/mol. The van der Waals surface area contributed by atoms with Crippen molar-refractivity contribution in [1.29, 1.82) is 0 Å². The van der Waals surface area contributed by atoms with Crippen molar-refractivity contribution in [3.8, 4) is 0 Å². The number of likely N-dealkylation sites (tertiary alicyclic amines) is 1. The largest absolute Gasteiger partial charge is 0.381 e. The maximum absolute atomic E-state index is 5.47. The van der Waals surface area contributed by atoms with E-state index in [1.54, 1.807) is 0 Å². The second-order valence-electron chi connectivity index (χ2n) is 6.79. The first-order valence-electron chi connectivity index (χ1n) is 8.72. The molecule has 0 radical (unpaired) electrons. The normalized spacial score (nSPS) is 29.2. The van der Waals surface area contributed by atoms with Crippen LogP contribution in [-0.2, 0) is 9.47 Å². The summed E-state index contributed by atoms with van der Waals surface area (Å²) < 4.78 is 10.9. The predicted octanol–water partition coefficient (Wildman–Crippen LogP) is 1.67. The maximum Gasteiger partial charge on any atom is 0.156 e. The highest BCUT2D eigenvalue weighted by molar-refractivity contribution is 5.05. The molecule has 6 heteroatoms. The van der Waals surface area contributed by atoms with Crippen LogP contribution in [0.2, 0.25) is 0 Å². The van der Waals surface area contributed by atoms with Crippen molar-refractivity contribution in [1.82, 2.24) is 20.1 Å². The van der Waals surface area contributed by atoms with E-state index in [2.05, 4.69) is 15.1 Å². The fraction of sp³-hybridized carbons (Fsp3) is 0.875. The van der Waals surface area contributed by atoms with Crippen LogP contribution in [0.4, 0.5) is 0 Å². The standard InChI is InChI=1S/C16H26N4O2/c1-6-20(14-4-9-21-10-5-14)7-2-12(1)15-17-16(19-18-15)13-3-8-22-11-13/h12-14H,1-11H2,(H,17,18,19)/t13-/m1/s1. The van der Waals surface area contributed by atoms with Crippen LogP contribution in [0, 0.1) is 0 Å². The minimum Gasteiger partial charge on any atom is -0.381 e. The van der Waals surface area contributed by atoms with Crippen molar-refractivity contribution in [2.75, 3.05) is 39.5 Å². The van der Waals surface area contributed by atoms with Crippen LogP contribution in [-0.4, -0.2) is 65.6 Å². The van der Waals surface area contributed by atoms with Crippen LogP contribution in [0.25, 0.3) is 0 Å². The molecule has 4 heterocycles. The Hall–Kier alpha value is -0.980. The van der Waals surface area contributed by atoms with Gasteiger partial charge in [-0.3, -0.25) is 5.10 Å². The third kappa shape index (κ3) is 3.05. The van der Waals surface area contributed by atoms with E-state index >= 15 is 0 Å². The number of hydrogen-bond acceptors (Lipinski definition) is 5. The second-order valence-corrected chi connectivity index (χ2v) is 6.79. The van der Waals surface area contributed by atoms with Gasteiger partial charge in [0.15, 0.2) is 5.82 Å². The van der Waals surface area contributed by atoms with Gasteiger partial charge in [-0.15, -0.1) is 0 Å². The quantitative estimate of drug-likeness (QED) is 0.920. The SMILES string of the molecule is C1CC(N2CCC(c3nc([C@@H]4CCOC4)n[nH]3)CC2)CCO1. The molecule has 122 valence electrons. The third-order valence-corrected chi connectivity index (χ3v) is 5.44. The number of nitrogens with zero attached hydrogens (tertiary/aromatic N) is 3. The van der Waals surface area contributed by atoms with Crippen LogP contribution >= 0.6 is 0 Å². The number of ether oxygens (including phenoxy) is 2. The van der Waals surface area contributed by atoms with Crippen LogP contribution < -0.4 is 0 Å². The highest BCUT2D eigenvalue weighted by Gasteiger charge is 2.29. The van der Waals surface area contributed by atoms with Crippen molar-refractivity contribution in [3.05, 3.63) is 11.6 Å². The van der Waals surface area contributed by atoms with Crippen molar-refractivity contribution < 1.29 is 9.47 Å². The molecular formula is C16H26N4O2. The van der Waals surface area contributed by atoms with Gasteiger partial charge in [0, 0.05) is 37.7 Å². The number of aromatic amines is 1. The average Bonchev–Trinajstić information content (AvgIpc) is 3.27. The Morgan fingerprint density at radius 2 is 1.68 bits per heavy atom. The van der Waals surface area contributed by atoms with Gasteiger partial charge >= 0.3 is 0 Å². The van der Waals surface area contributed by atoms with E-state index in [9.17, 15) is 0 Å². The molecular weight excluding hydrogens is 280 g/mol. The number of piperidine rings is 1. The molecule has 22 heavy (non-hydrogen) atoms. The maximum atomic E-state index is 5.47. The number of nitrogens with one attached hydrogen (secondary N) is 1. The zero-order chi connectivity index (χ0) is 14.8. The summed E-state index contributed by atoms with van der Waals surface area (Å²) in [5.74, 6) is 2.99. The molecule has 3 aliphatic rings. The Morgan fingerprint density at radius 3 is 2.41 bits per heavy atom. The molecule has 0 aromatic carbocycles. The molecule has 4 rings (SSSR count). The molecule has 1 N–H and O–H groups in total. The van der Waals surface area contributed by atoms with Crippen molar-refractivity contribution in [3.63, 3.8) is 0 Å². The van der Waals surface area contributed by atoms with Gasteiger partial charge in [-0.2, -0.15) is 5.10 Å². The summed E-state index contributed by atoms with van der Waals surface area (Å²) >= 11 is 0. The van der Waals surface area contributed by atoms with Gasteiger partial charge in [-0.1, -0.05) is 0 Å². The topological polar surface area (TPSA) is 63.3 Å². The van der Waals surface area contributed by atoms with Gasteiger partial charge in [0.25, 0.3) is 0 Å². The molecule has 3 aliphatic heterocycles. The van der Waals surface area contributed by atoms with Crippen LogP contribution in [0.1, 0.15) is 55.6 Å². The molecule has 0 amide bonds. The van der Waals surface area contributed by atoms with E-state index in [4.69, 9.17) is 14.5 Å². The summed E-state index contributed by atoms with van der Waals surface area (Å²) in [7, 11) is 0. The molecule has 1 aromatic rings. The fourth-order valence-electron chi connectivity index (χ4n) is 3.98. The summed E-state index contributed by atoms with van der Waals surface area (Å²) in [5.41, 5.74) is 0. The summed E-state index contributed by atoms with van der Waals surface area (Å²) in [6, 6.07) is 0.732. The number of H-pyrrole nitrogens is 1. The summed E-state index contributed by atoms with van der Waals surface area (Å²) in [6.45, 7) is 5.84. The first-order valence-corrected chi connectivity index (χ1v) is 8.72. The molecule has 1 aromatic heterocycles. The molecule has 0 saturated carbocycles. The first kappa shape index (κ1) is 14.6. The Bertz CT molecular complexity index is 472. The van der Waals surface area contributed by atoms with Gasteiger partial charge in [0.2, 0.25) is 0 Å². The Kier molecular flexibility index (Phi) is 4.41. The minimum atomic E-state index is 0.396. The zero-order valence-corrected chi connectivity index (χ0v) is 13.2. The molecule has 0 unspecified atom stereocenters. The van der Waals surface area contributed by atoms with Gasteiger partial charge in [0.05, 0.1) is 6.61 Å². The number of hydrogen-bond donors (Lipinski definition) is 1. The Morgan fingerprint density at radius 1 is 0.909 bits per heavy atom. The summed E-state index contributed by atoms with van der Waals surface area (Å²) in [5, 5.41) is 7.63. The van der Waals surface area contributed by atoms with Gasteiger partial charge in [-0.25, -0.2) is 4.98 Å². The van der Waals surface area contributed by atoms with Crippen LogP contribution in [0.3, 0.4) is 0 Å². The lowest BCUT2D eigenvalue weighted by Crippen LogP contribution is -2.43. The molecule has 6 nitrogen and oxygen atoms in total. The van der Waals surface area contributed by atoms with E-state index in [0.717, 1.165) is 50.5 Å². The first-order chi connectivity index (χ1) is 10.9. The molecule has 0 spiro atoms. The van der Waals surface area contributed by atoms with Crippen molar-refractivity contribution in [2.45, 2.75) is 50.0 Å². The highest BCUT2D eigenvalue weighted by atomic mass is 16.5. The van der Waals surface area contributed by atoms with Crippen LogP contribution in [0.15, 0.2) is 0 Å². The van der Waals surface area contributed by atoms with Gasteiger partial charge in [-0.05, 0) is 45.2 Å². The summed E-state index contributed by atoms with van der Waals surface area (Å²) in [6.07, 6.45) is 5.82. The van der Waals surface area contributed by atoms with E-state index in [0.29, 0.717) is 11.8 Å². The lowest BCUT2D eigenvalue weighted by atomic mass is 9.93. The van der Waals surface area contributed by atoms with Crippen LogP contribution in [0.5, 0.6) is 0 Å². The molecule has 0 aliphatic carbocycles. The van der Waals surface area contributed by atoms with Crippen molar-refractivity contribution in [2.24, 2.45) is 0 Å². The van der Waals surface area contributed by atoms with E-state index in [1.165, 1.54) is 38.8 Å². The second kappa shape index (κ2) is 6.64. The summed E-state index contributed by atoms with van der Waals surface area (Å²) in [4.78, 5) is 7.42. The van der Waals surface area contributed by atoms with E-state index in [1.807, 2.05) is 0 Å².